The van der Waals surface area contributed by atoms with Gasteiger partial charge in [-0.05, 0) is 18.3 Å². The van der Waals surface area contributed by atoms with Crippen LogP contribution >= 0.6 is 0 Å². The normalized spacial score (nSPS) is 6.64. The molecule has 1 N–H and O–H groups in total. The smallest absolute Gasteiger partial charge is 0.652 e. The van der Waals surface area contributed by atoms with Crippen molar-refractivity contribution in [1.82, 2.24) is 0 Å². The van der Waals surface area contributed by atoms with Gasteiger partial charge in [0.15, 0.2) is 0 Å². The molecule has 0 fully saturated rings. The van der Waals surface area contributed by atoms with Crippen LogP contribution in [-0.4, -0.2) is 13.2 Å². The maximum absolute atomic E-state index is 8.33. The van der Waals surface area contributed by atoms with E-state index in [-0.39, 0.29) is 116 Å². The third kappa shape index (κ3) is 16.3. The molecule has 0 aromatic heterocycles. The second kappa shape index (κ2) is 14.9. The van der Waals surface area contributed by atoms with Crippen LogP contribution in [0.15, 0.2) is 30.3 Å². The Kier molecular flexibility index (Phi) is 22.6. The Balaban J connectivity index is -0.000000180. The number of para-hydroxylation sites is 1. The van der Waals surface area contributed by atoms with Crippen LogP contribution in [0.3, 0.4) is 0 Å². The van der Waals surface area contributed by atoms with E-state index in [4.69, 9.17) is 15.0 Å². The van der Waals surface area contributed by atoms with Crippen molar-refractivity contribution >= 4 is 11.8 Å². The summed E-state index contributed by atoms with van der Waals surface area (Å²) < 4.78 is 0. The summed E-state index contributed by atoms with van der Waals surface area (Å²) in [4.78, 5) is 8.33. The molecule has 4 nitrogen and oxygen atoms in total. The molecule has 1 aromatic carbocycles. The van der Waals surface area contributed by atoms with E-state index in [1.54, 1.807) is 0 Å². The molecule has 66 valence electrons. The van der Waals surface area contributed by atoms with Crippen LogP contribution in [0.2, 0.25) is 0 Å². The Morgan fingerprint density at radius 2 is 1.50 bits per heavy atom. The van der Waals surface area contributed by atoms with E-state index in [0.717, 1.165) is 5.69 Å². The Morgan fingerprint density at radius 1 is 1.14 bits per heavy atom. The molecular weight excluding hydrogens is 329 g/mol. The van der Waals surface area contributed by atoms with E-state index in [2.05, 4.69) is 5.32 Å². The van der Waals surface area contributed by atoms with Crippen molar-refractivity contribution in [2.75, 3.05) is 12.4 Å². The number of hydrogen-bond donors (Lipinski definition) is 1. The summed E-state index contributed by atoms with van der Waals surface area (Å²) in [5, 5.41) is 19.7. The molecule has 1 rings (SSSR count). The zero-order valence-electron chi connectivity index (χ0n) is 8.61. The first kappa shape index (κ1) is 21.2. The fraction of sp³-hybridized carbons (Fsp3) is 0.125. The summed E-state index contributed by atoms with van der Waals surface area (Å²) in [6.07, 6.45) is -2.33. The number of carbonyl (C=O) groups is 1. The fourth-order valence-corrected chi connectivity index (χ4v) is 0.605. The van der Waals surface area contributed by atoms with Crippen LogP contribution in [-0.2, 0) is 0 Å². The predicted molar refractivity (Wildman–Crippen MR) is 41.4 cm³/mol. The molecule has 6 heteroatoms. The molecule has 0 saturated carbocycles. The van der Waals surface area contributed by atoms with Crippen molar-refractivity contribution in [3.8, 4) is 0 Å². The average Bonchev–Trinajstić information content (AvgIpc) is 2.05. The molecular formula is C8H9NO3Rb2. The Hall–Kier alpha value is 1.90. The zero-order chi connectivity index (χ0) is 9.40. The third-order valence-electron chi connectivity index (χ3n) is 1.06. The van der Waals surface area contributed by atoms with Gasteiger partial charge in [0, 0.05) is 12.7 Å². The van der Waals surface area contributed by atoms with Gasteiger partial charge in [0.05, 0.1) is 0 Å². The maximum Gasteiger partial charge on any atom is 1.00 e. The van der Waals surface area contributed by atoms with Crippen molar-refractivity contribution in [3.05, 3.63) is 30.3 Å². The molecule has 0 heterocycles. The van der Waals surface area contributed by atoms with Crippen LogP contribution in [0.1, 0.15) is 0 Å². The minimum absolute atomic E-state index is 0. The molecule has 0 radical (unpaired) electrons. The number of benzene rings is 1. The maximum atomic E-state index is 8.33. The fourth-order valence-electron chi connectivity index (χ4n) is 0.605. The molecule has 0 saturated heterocycles. The Morgan fingerprint density at radius 3 is 1.71 bits per heavy atom. The second-order valence-electron chi connectivity index (χ2n) is 1.87. The van der Waals surface area contributed by atoms with Gasteiger partial charge in [-0.1, -0.05) is 18.2 Å². The Labute approximate surface area is 181 Å². The van der Waals surface area contributed by atoms with Crippen molar-refractivity contribution < 1.29 is 131 Å². The Bertz CT molecular complexity index is 227. The first-order valence-corrected chi connectivity index (χ1v) is 3.27. The molecule has 0 atom stereocenters. The zero-order valence-corrected chi connectivity index (χ0v) is 18.4. The quantitative estimate of drug-likeness (QED) is 0.553. The summed E-state index contributed by atoms with van der Waals surface area (Å²) in [5.41, 5.74) is 1.16. The third-order valence-corrected chi connectivity index (χ3v) is 1.06. The largest absolute Gasteiger partial charge is 1.00 e. The monoisotopic (exact) mass is 337 g/mol. The van der Waals surface area contributed by atoms with E-state index < -0.39 is 6.16 Å². The van der Waals surface area contributed by atoms with Crippen LogP contribution in [0.5, 0.6) is 0 Å². The summed E-state index contributed by atoms with van der Waals surface area (Å²) in [5.74, 6) is 0. The van der Waals surface area contributed by atoms with Crippen LogP contribution in [0, 0.1) is 0 Å². The molecule has 0 spiro atoms. The number of carboxylic acid groups (broad SMARTS) is 2. The van der Waals surface area contributed by atoms with Gasteiger partial charge in [0.1, 0.15) is 0 Å². The topological polar surface area (TPSA) is 75.2 Å². The number of carbonyl (C=O) groups excluding carboxylic acids is 1. The van der Waals surface area contributed by atoms with E-state index in [9.17, 15) is 0 Å². The van der Waals surface area contributed by atoms with Gasteiger partial charge in [0.2, 0.25) is 0 Å². The minimum atomic E-state index is -2.33. The van der Waals surface area contributed by atoms with Gasteiger partial charge in [-0.3, -0.25) is 0 Å². The van der Waals surface area contributed by atoms with Crippen molar-refractivity contribution in [3.63, 3.8) is 0 Å². The molecule has 0 amide bonds. The first-order chi connectivity index (χ1) is 5.66. The van der Waals surface area contributed by atoms with Gasteiger partial charge < -0.3 is 20.3 Å². The van der Waals surface area contributed by atoms with Gasteiger partial charge >= 0.3 is 116 Å². The van der Waals surface area contributed by atoms with Gasteiger partial charge in [-0.25, -0.2) is 0 Å². The van der Waals surface area contributed by atoms with Gasteiger partial charge in [-0.15, -0.1) is 0 Å². The molecule has 1 aromatic rings. The molecule has 0 aliphatic carbocycles. The average molecular weight is 338 g/mol. The second-order valence-corrected chi connectivity index (χ2v) is 1.87. The van der Waals surface area contributed by atoms with E-state index in [1.807, 2.05) is 37.4 Å². The molecule has 0 aliphatic rings. The molecule has 0 unspecified atom stereocenters. The summed E-state index contributed by atoms with van der Waals surface area (Å²) >= 11 is 0. The van der Waals surface area contributed by atoms with Crippen molar-refractivity contribution in [2.45, 2.75) is 0 Å². The van der Waals surface area contributed by atoms with Crippen molar-refractivity contribution in [1.29, 1.82) is 0 Å². The van der Waals surface area contributed by atoms with Crippen molar-refractivity contribution in [2.24, 2.45) is 0 Å². The van der Waals surface area contributed by atoms with Crippen LogP contribution in [0.4, 0.5) is 10.5 Å². The summed E-state index contributed by atoms with van der Waals surface area (Å²) in [7, 11) is 1.91. The summed E-state index contributed by atoms with van der Waals surface area (Å²) in [6.45, 7) is 0. The van der Waals surface area contributed by atoms with Crippen LogP contribution < -0.4 is 132 Å². The van der Waals surface area contributed by atoms with E-state index in [1.165, 1.54) is 0 Å². The number of rotatable bonds is 1. The SMILES string of the molecule is CNc1ccccc1.O=C([O-])[O-].[Rb+].[Rb+]. The predicted octanol–water partition coefficient (Wildman–Crippen LogP) is -6.71. The molecule has 14 heavy (non-hydrogen) atoms. The van der Waals surface area contributed by atoms with E-state index >= 15 is 0 Å². The van der Waals surface area contributed by atoms with E-state index in [0.29, 0.717) is 0 Å². The van der Waals surface area contributed by atoms with Crippen LogP contribution in [0.25, 0.3) is 0 Å². The first-order valence-electron chi connectivity index (χ1n) is 3.27. The summed E-state index contributed by atoms with van der Waals surface area (Å²) in [6, 6.07) is 10.1. The standard InChI is InChI=1S/C7H9N.CH2O3.2Rb/c1-8-7-5-3-2-4-6-7;2-1(3)4;;/h2-6,8H,1H3;(H2,2,3,4);;/q;;2*+1/p-2. The van der Waals surface area contributed by atoms with Gasteiger partial charge in [-0.2, -0.15) is 0 Å². The molecule has 0 bridgehead atoms. The number of anilines is 1. The minimum Gasteiger partial charge on any atom is -0.652 e. The number of hydrogen-bond acceptors (Lipinski definition) is 4. The number of nitrogens with one attached hydrogen (secondary N) is 1. The molecule has 0 aliphatic heterocycles. The van der Waals surface area contributed by atoms with Gasteiger partial charge in [0.25, 0.3) is 0 Å².